The Hall–Kier alpha value is -3.16. The summed E-state index contributed by atoms with van der Waals surface area (Å²) in [7, 11) is 0. The second-order valence-corrected chi connectivity index (χ2v) is 8.05. The van der Waals surface area contributed by atoms with E-state index < -0.39 is 0 Å². The van der Waals surface area contributed by atoms with E-state index >= 15 is 0 Å². The van der Waals surface area contributed by atoms with Crippen LogP contribution in [0.1, 0.15) is 11.1 Å². The van der Waals surface area contributed by atoms with Gasteiger partial charge in [0.2, 0.25) is 0 Å². The maximum atomic E-state index is 13.2. The topological polar surface area (TPSA) is 59.3 Å². The maximum Gasteiger partial charge on any atom is 0.250 e. The molecule has 0 saturated carbocycles. The Morgan fingerprint density at radius 2 is 1.94 bits per heavy atom. The lowest BCUT2D eigenvalue weighted by molar-refractivity contribution is -0.118. The number of nitrogens with zero attached hydrogens (tertiary/aromatic N) is 3. The first kappa shape index (κ1) is 21.1. The molecular weight excluding hydrogens is 435 g/mol. The summed E-state index contributed by atoms with van der Waals surface area (Å²) in [5.41, 5.74) is 5.81. The lowest BCUT2D eigenvalue weighted by Gasteiger charge is -2.10. The molecule has 0 bridgehead atoms. The molecule has 31 heavy (non-hydrogen) atoms. The van der Waals surface area contributed by atoms with E-state index in [4.69, 9.17) is 11.6 Å². The van der Waals surface area contributed by atoms with Crippen LogP contribution in [0.15, 0.2) is 83.1 Å². The van der Waals surface area contributed by atoms with Gasteiger partial charge in [0.1, 0.15) is 5.82 Å². The first-order chi connectivity index (χ1) is 15.1. The molecule has 4 aromatic rings. The number of para-hydroxylation sites is 2. The van der Waals surface area contributed by atoms with E-state index in [2.05, 4.69) is 15.5 Å². The highest BCUT2D eigenvalue weighted by Crippen LogP contribution is 2.27. The van der Waals surface area contributed by atoms with Crippen molar-refractivity contribution in [2.45, 2.75) is 11.7 Å². The second kappa shape index (κ2) is 9.76. The number of hydrogen-bond acceptors (Lipinski definition) is 4. The van der Waals surface area contributed by atoms with Crippen LogP contribution in [-0.2, 0) is 11.3 Å². The molecule has 5 nitrogen and oxygen atoms in total. The van der Waals surface area contributed by atoms with Crippen molar-refractivity contribution in [3.05, 3.63) is 94.8 Å². The molecule has 0 atom stereocenters. The minimum Gasteiger partial charge on any atom is -0.314 e. The highest BCUT2D eigenvalue weighted by Gasteiger charge is 2.14. The minimum absolute atomic E-state index is 0.131. The smallest absolute Gasteiger partial charge is 0.250 e. The molecule has 0 unspecified atom stereocenters. The van der Waals surface area contributed by atoms with Crippen LogP contribution in [0, 0.1) is 5.82 Å². The first-order valence-electron chi connectivity index (χ1n) is 9.49. The van der Waals surface area contributed by atoms with E-state index in [-0.39, 0.29) is 17.5 Å². The molecule has 1 aromatic heterocycles. The predicted molar refractivity (Wildman–Crippen MR) is 123 cm³/mol. The van der Waals surface area contributed by atoms with Crippen LogP contribution < -0.4 is 5.43 Å². The van der Waals surface area contributed by atoms with Crippen LogP contribution in [-0.4, -0.2) is 27.4 Å². The Kier molecular flexibility index (Phi) is 6.64. The van der Waals surface area contributed by atoms with E-state index in [9.17, 15) is 9.18 Å². The van der Waals surface area contributed by atoms with Crippen LogP contribution in [0.2, 0.25) is 5.02 Å². The van der Waals surface area contributed by atoms with Gasteiger partial charge in [0.25, 0.3) is 5.91 Å². The SMILES string of the molecule is O=C(CSc1nc2ccccc2n1Cc1ccccc1Cl)NN=Cc1cccc(F)c1. The number of imidazole rings is 1. The fourth-order valence-electron chi connectivity index (χ4n) is 3.04. The number of hydrogen-bond donors (Lipinski definition) is 1. The van der Waals surface area contributed by atoms with Crippen molar-refractivity contribution in [2.24, 2.45) is 5.10 Å². The van der Waals surface area contributed by atoms with Gasteiger partial charge in [-0.1, -0.05) is 65.8 Å². The van der Waals surface area contributed by atoms with Crippen LogP contribution in [0.3, 0.4) is 0 Å². The van der Waals surface area contributed by atoms with Gasteiger partial charge in [-0.3, -0.25) is 4.79 Å². The zero-order chi connectivity index (χ0) is 21.6. The number of nitrogens with one attached hydrogen (secondary N) is 1. The van der Waals surface area contributed by atoms with E-state index in [1.165, 1.54) is 30.1 Å². The van der Waals surface area contributed by atoms with Gasteiger partial charge in [-0.25, -0.2) is 14.8 Å². The normalized spacial score (nSPS) is 11.3. The van der Waals surface area contributed by atoms with Gasteiger partial charge >= 0.3 is 0 Å². The lowest BCUT2D eigenvalue weighted by Crippen LogP contribution is -2.20. The third-order valence-electron chi connectivity index (χ3n) is 4.49. The summed E-state index contributed by atoms with van der Waals surface area (Å²) < 4.78 is 15.2. The third-order valence-corrected chi connectivity index (χ3v) is 5.83. The van der Waals surface area contributed by atoms with Gasteiger partial charge in [-0.05, 0) is 41.5 Å². The van der Waals surface area contributed by atoms with E-state index in [0.29, 0.717) is 22.3 Å². The fourth-order valence-corrected chi connectivity index (χ4v) is 4.04. The average Bonchev–Trinajstić information content (AvgIpc) is 3.11. The molecule has 1 heterocycles. The van der Waals surface area contributed by atoms with Crippen molar-refractivity contribution in [1.29, 1.82) is 0 Å². The number of benzene rings is 3. The first-order valence-corrected chi connectivity index (χ1v) is 10.9. The number of rotatable bonds is 7. The summed E-state index contributed by atoms with van der Waals surface area (Å²) in [5, 5.41) is 5.28. The molecule has 0 aliphatic carbocycles. The van der Waals surface area contributed by atoms with Gasteiger partial charge < -0.3 is 4.57 Å². The monoisotopic (exact) mass is 452 g/mol. The molecule has 1 amide bonds. The van der Waals surface area contributed by atoms with Crippen molar-refractivity contribution in [3.8, 4) is 0 Å². The summed E-state index contributed by atoms with van der Waals surface area (Å²) in [6.45, 7) is 0.544. The second-order valence-electron chi connectivity index (χ2n) is 6.70. The summed E-state index contributed by atoms with van der Waals surface area (Å²) in [5.74, 6) is -0.510. The van der Waals surface area contributed by atoms with Crippen molar-refractivity contribution in [1.82, 2.24) is 15.0 Å². The number of amides is 1. The van der Waals surface area contributed by atoms with Crippen LogP contribution in [0.25, 0.3) is 11.0 Å². The van der Waals surface area contributed by atoms with Crippen molar-refractivity contribution in [3.63, 3.8) is 0 Å². The number of aromatic nitrogens is 2. The van der Waals surface area contributed by atoms with Crippen molar-refractivity contribution < 1.29 is 9.18 Å². The molecule has 3 aromatic carbocycles. The van der Waals surface area contributed by atoms with Gasteiger partial charge in [0.05, 0.1) is 29.5 Å². The Bertz CT molecular complexity index is 1260. The average molecular weight is 453 g/mol. The molecular formula is C23H18ClFN4OS. The molecule has 4 rings (SSSR count). The number of halogens is 2. The number of thioether (sulfide) groups is 1. The summed E-state index contributed by atoms with van der Waals surface area (Å²) in [4.78, 5) is 16.9. The van der Waals surface area contributed by atoms with Gasteiger partial charge in [-0.2, -0.15) is 5.10 Å². The highest BCUT2D eigenvalue weighted by atomic mass is 35.5. The zero-order valence-corrected chi connectivity index (χ0v) is 17.9. The van der Waals surface area contributed by atoms with E-state index in [1.54, 1.807) is 12.1 Å². The van der Waals surface area contributed by atoms with Crippen molar-refractivity contribution >= 4 is 46.5 Å². The van der Waals surface area contributed by atoms with Gasteiger partial charge in [0, 0.05) is 5.02 Å². The third kappa shape index (κ3) is 5.31. The summed E-state index contributed by atoms with van der Waals surface area (Å²) >= 11 is 7.66. The van der Waals surface area contributed by atoms with Crippen molar-refractivity contribution in [2.75, 3.05) is 5.75 Å². The number of carbonyl (C=O) groups is 1. The predicted octanol–water partition coefficient (Wildman–Crippen LogP) is 5.12. The van der Waals surface area contributed by atoms with E-state index in [0.717, 1.165) is 16.6 Å². The van der Waals surface area contributed by atoms with E-state index in [1.807, 2.05) is 53.1 Å². The molecule has 0 radical (unpaired) electrons. The minimum atomic E-state index is -0.358. The number of carbonyl (C=O) groups excluding carboxylic acids is 1. The molecule has 8 heteroatoms. The Balaban J connectivity index is 1.46. The Morgan fingerprint density at radius 3 is 2.77 bits per heavy atom. The molecule has 1 N–H and O–H groups in total. The lowest BCUT2D eigenvalue weighted by atomic mass is 10.2. The number of fused-ring (bicyclic) bond motifs is 1. The molecule has 0 aliphatic rings. The summed E-state index contributed by atoms with van der Waals surface area (Å²) in [6.07, 6.45) is 1.40. The molecule has 156 valence electrons. The quantitative estimate of drug-likeness (QED) is 0.240. The zero-order valence-electron chi connectivity index (χ0n) is 16.3. The van der Waals surface area contributed by atoms with Crippen LogP contribution >= 0.6 is 23.4 Å². The molecule has 0 fully saturated rings. The standard InChI is InChI=1S/C23H18ClFN4OS/c24-19-9-2-1-7-17(19)14-29-21-11-4-3-10-20(21)27-23(29)31-15-22(30)28-26-13-16-6-5-8-18(25)12-16/h1-13H,14-15H2,(H,28,30). The largest absolute Gasteiger partial charge is 0.314 e. The molecule has 0 aliphatic heterocycles. The van der Waals surface area contributed by atoms with Crippen LogP contribution in [0.5, 0.6) is 0 Å². The molecule has 0 saturated heterocycles. The Morgan fingerprint density at radius 1 is 1.13 bits per heavy atom. The summed E-state index contributed by atoms with van der Waals surface area (Å²) in [6, 6.07) is 21.4. The number of hydrazone groups is 1. The maximum absolute atomic E-state index is 13.2. The van der Waals surface area contributed by atoms with Gasteiger partial charge in [0.15, 0.2) is 5.16 Å². The molecule has 0 spiro atoms. The highest BCUT2D eigenvalue weighted by molar-refractivity contribution is 7.99. The Labute approximate surface area is 187 Å². The van der Waals surface area contributed by atoms with Gasteiger partial charge in [-0.15, -0.1) is 0 Å². The van der Waals surface area contributed by atoms with Crippen LogP contribution in [0.4, 0.5) is 4.39 Å². The fraction of sp³-hybridized carbons (Fsp3) is 0.0870.